The number of hydrogen-bond donors (Lipinski definition) is 0. The maximum atomic E-state index is 10.3. The van der Waals surface area contributed by atoms with Gasteiger partial charge in [0.15, 0.2) is 11.4 Å². The van der Waals surface area contributed by atoms with E-state index < -0.39 is 0 Å². The van der Waals surface area contributed by atoms with Crippen molar-refractivity contribution in [1.29, 1.82) is 15.8 Å². The number of fused-ring (bicyclic) bond motifs is 6. The Morgan fingerprint density at radius 1 is 0.467 bits per heavy atom. The first kappa shape index (κ1) is 35.2. The highest BCUT2D eigenvalue weighted by molar-refractivity contribution is 6.13. The first-order valence-electron chi connectivity index (χ1n) is 18.9. The van der Waals surface area contributed by atoms with Gasteiger partial charge in [-0.15, -0.1) is 0 Å². The zero-order valence-electron chi connectivity index (χ0n) is 31.6. The van der Waals surface area contributed by atoms with Crippen molar-refractivity contribution in [3.63, 3.8) is 0 Å². The van der Waals surface area contributed by atoms with E-state index in [1.54, 1.807) is 30.5 Å². The van der Waals surface area contributed by atoms with Gasteiger partial charge in [-0.3, -0.25) is 4.98 Å². The van der Waals surface area contributed by atoms with Crippen LogP contribution in [0.4, 0.5) is 11.4 Å². The molecule has 0 saturated heterocycles. The maximum absolute atomic E-state index is 10.3. The van der Waals surface area contributed by atoms with Crippen LogP contribution in [0, 0.1) is 47.1 Å². The number of hydrogen-bond acceptors (Lipinski definition) is 4. The molecule has 0 aliphatic carbocycles. The second kappa shape index (κ2) is 14.0. The summed E-state index contributed by atoms with van der Waals surface area (Å²) in [6.07, 6.45) is 3.63. The fraction of sp³-hybridized carbons (Fsp3) is 0. The smallest absolute Gasteiger partial charge is 0.196 e. The third-order valence-corrected chi connectivity index (χ3v) is 11.2. The standard InChI is InChI=1S/C52H26N8/c1-56-37-15-17-38(36(25-37)30-55)34-13-19-50-43(26-34)40-7-3-5-9-47(40)59(50)49-18-12-32(28-53)23-42(49)45-31-58-22-21-52(45)60-48-10-6-4-8-41(48)44-27-35(14-20-51(44)60)39-16-11-33(29-54)24-46(39)57-2/h3-27,31H. The maximum Gasteiger partial charge on any atom is 0.196 e. The van der Waals surface area contributed by atoms with Crippen LogP contribution in [0.3, 0.4) is 0 Å². The summed E-state index contributed by atoms with van der Waals surface area (Å²) in [6.45, 7) is 15.3. The number of para-hydroxylation sites is 2. The molecular formula is C52H26N8. The Kier molecular flexibility index (Phi) is 8.23. The van der Waals surface area contributed by atoms with Crippen molar-refractivity contribution in [3.8, 4) is 63.0 Å². The molecule has 8 heteroatoms. The van der Waals surface area contributed by atoms with Crippen molar-refractivity contribution in [1.82, 2.24) is 14.1 Å². The van der Waals surface area contributed by atoms with E-state index in [-0.39, 0.29) is 0 Å². The summed E-state index contributed by atoms with van der Waals surface area (Å²) >= 11 is 0. The molecule has 0 bridgehead atoms. The van der Waals surface area contributed by atoms with Gasteiger partial charge in [0.1, 0.15) is 0 Å². The van der Waals surface area contributed by atoms with Crippen LogP contribution in [0.25, 0.3) is 98.1 Å². The summed E-state index contributed by atoms with van der Waals surface area (Å²) in [5.74, 6) is 0. The molecule has 10 rings (SSSR count). The molecule has 0 radical (unpaired) electrons. The van der Waals surface area contributed by atoms with Crippen molar-refractivity contribution in [2.75, 3.05) is 0 Å². The number of aromatic nitrogens is 3. The molecule has 0 aliphatic heterocycles. The van der Waals surface area contributed by atoms with Crippen LogP contribution in [-0.4, -0.2) is 14.1 Å². The fourth-order valence-electron chi connectivity index (χ4n) is 8.49. The SMILES string of the molecule is [C-]#[N+]c1ccc(-c2ccc3c(c2)c2ccccc2n3-c2ccc(C#N)cc2-c2cnccc2-n2c3ccccc3c3cc(-c4ccc(C#N)cc4[N+]#[C-])ccc32)c(C#N)c1. The van der Waals surface area contributed by atoms with Gasteiger partial charge in [-0.05, 0) is 101 Å². The summed E-state index contributed by atoms with van der Waals surface area (Å²) in [5.41, 5.74) is 12.7. The van der Waals surface area contributed by atoms with Crippen molar-refractivity contribution in [2.24, 2.45) is 0 Å². The van der Waals surface area contributed by atoms with Crippen LogP contribution >= 0.6 is 0 Å². The monoisotopic (exact) mass is 762 g/mol. The average Bonchev–Trinajstić information content (AvgIpc) is 3.82. The van der Waals surface area contributed by atoms with Gasteiger partial charge in [0, 0.05) is 56.2 Å². The normalized spacial score (nSPS) is 10.9. The van der Waals surface area contributed by atoms with Gasteiger partial charge >= 0.3 is 0 Å². The van der Waals surface area contributed by atoms with E-state index in [1.165, 1.54) is 0 Å². The molecule has 0 fully saturated rings. The first-order chi connectivity index (χ1) is 29.5. The molecule has 7 aromatic carbocycles. The molecule has 10 aromatic rings. The van der Waals surface area contributed by atoms with Gasteiger partial charge in [-0.1, -0.05) is 66.7 Å². The predicted molar refractivity (Wildman–Crippen MR) is 236 cm³/mol. The highest BCUT2D eigenvalue weighted by atomic mass is 15.0. The zero-order chi connectivity index (χ0) is 40.9. The molecule has 0 aliphatic rings. The van der Waals surface area contributed by atoms with Crippen LogP contribution in [0.1, 0.15) is 16.7 Å². The molecule has 0 unspecified atom stereocenters. The highest BCUT2D eigenvalue weighted by Gasteiger charge is 2.22. The quantitative estimate of drug-likeness (QED) is 0.163. The van der Waals surface area contributed by atoms with Gasteiger partial charge in [-0.2, -0.15) is 15.8 Å². The molecule has 274 valence electrons. The fourth-order valence-corrected chi connectivity index (χ4v) is 8.49. The van der Waals surface area contributed by atoms with Crippen molar-refractivity contribution in [2.45, 2.75) is 0 Å². The first-order valence-corrected chi connectivity index (χ1v) is 18.9. The van der Waals surface area contributed by atoms with Gasteiger partial charge in [-0.25, -0.2) is 9.69 Å². The summed E-state index contributed by atoms with van der Waals surface area (Å²) in [6, 6.07) is 53.7. The second-order valence-electron chi connectivity index (χ2n) is 14.3. The highest BCUT2D eigenvalue weighted by Crippen LogP contribution is 2.43. The minimum Gasteiger partial charge on any atom is -0.309 e. The van der Waals surface area contributed by atoms with Crippen LogP contribution < -0.4 is 0 Å². The Balaban J connectivity index is 1.20. The molecule has 8 nitrogen and oxygen atoms in total. The van der Waals surface area contributed by atoms with E-state index >= 15 is 0 Å². The summed E-state index contributed by atoms with van der Waals surface area (Å²) < 4.78 is 4.45. The average molecular weight is 763 g/mol. The van der Waals surface area contributed by atoms with Gasteiger partial charge < -0.3 is 9.13 Å². The van der Waals surface area contributed by atoms with Crippen molar-refractivity contribution < 1.29 is 0 Å². The molecule has 0 amide bonds. The number of nitrogens with zero attached hydrogens (tertiary/aromatic N) is 8. The van der Waals surface area contributed by atoms with Crippen LogP contribution in [-0.2, 0) is 0 Å². The number of pyridine rings is 1. The van der Waals surface area contributed by atoms with E-state index in [1.807, 2.05) is 79.0 Å². The summed E-state index contributed by atoms with van der Waals surface area (Å²) in [7, 11) is 0. The largest absolute Gasteiger partial charge is 0.309 e. The van der Waals surface area contributed by atoms with E-state index in [4.69, 9.17) is 13.1 Å². The molecular weight excluding hydrogens is 737 g/mol. The topological polar surface area (TPSA) is 103 Å². The minimum atomic E-state index is 0.417. The van der Waals surface area contributed by atoms with Gasteiger partial charge in [0.2, 0.25) is 0 Å². The van der Waals surface area contributed by atoms with E-state index in [9.17, 15) is 15.8 Å². The lowest BCUT2D eigenvalue weighted by Crippen LogP contribution is -2.02. The van der Waals surface area contributed by atoms with Crippen molar-refractivity contribution in [3.05, 3.63) is 198 Å². The molecule has 3 heterocycles. The number of nitriles is 3. The zero-order valence-corrected chi connectivity index (χ0v) is 31.6. The number of rotatable bonds is 5. The van der Waals surface area contributed by atoms with E-state index in [2.05, 4.69) is 90.5 Å². The third kappa shape index (κ3) is 5.45. The molecule has 0 N–H and O–H groups in total. The third-order valence-electron chi connectivity index (χ3n) is 11.2. The molecule has 3 aromatic heterocycles. The molecule has 60 heavy (non-hydrogen) atoms. The lowest BCUT2D eigenvalue weighted by molar-refractivity contribution is 1.14. The lowest BCUT2D eigenvalue weighted by Gasteiger charge is -2.18. The Morgan fingerprint density at radius 2 is 1.05 bits per heavy atom. The Labute approximate surface area is 344 Å². The van der Waals surface area contributed by atoms with Crippen LogP contribution in [0.5, 0.6) is 0 Å². The Bertz CT molecular complexity index is 3680. The predicted octanol–water partition coefficient (Wildman–Crippen LogP) is 13.0. The van der Waals surface area contributed by atoms with E-state index in [0.717, 1.165) is 88.4 Å². The molecule has 0 spiro atoms. The number of benzene rings is 7. The second-order valence-corrected chi connectivity index (χ2v) is 14.3. The van der Waals surface area contributed by atoms with Gasteiger partial charge in [0.25, 0.3) is 0 Å². The molecule has 0 atom stereocenters. The summed E-state index contributed by atoms with van der Waals surface area (Å²) in [5, 5.41) is 33.8. The van der Waals surface area contributed by atoms with Crippen LogP contribution in [0.15, 0.2) is 158 Å². The minimum absolute atomic E-state index is 0.417. The molecule has 0 saturated carbocycles. The van der Waals surface area contributed by atoms with Gasteiger partial charge in [0.05, 0.1) is 70.4 Å². The van der Waals surface area contributed by atoms with Crippen LogP contribution in [0.2, 0.25) is 0 Å². The lowest BCUT2D eigenvalue weighted by atomic mass is 9.98. The van der Waals surface area contributed by atoms with E-state index in [0.29, 0.717) is 28.1 Å². The Hall–Kier alpha value is -9.26. The summed E-state index contributed by atoms with van der Waals surface area (Å²) in [4.78, 5) is 11.9. The van der Waals surface area contributed by atoms with Crippen molar-refractivity contribution >= 4 is 55.0 Å². The Morgan fingerprint density at radius 3 is 1.68 bits per heavy atom.